The van der Waals surface area contributed by atoms with Gasteiger partial charge in [-0.15, -0.1) is 0 Å². The van der Waals surface area contributed by atoms with E-state index < -0.39 is 16.9 Å². The molecular formula is C24H45NO4Si2. The Morgan fingerprint density at radius 2 is 1.52 bits per heavy atom. The molecule has 0 heterocycles. The van der Waals surface area contributed by atoms with Gasteiger partial charge in [-0.05, 0) is 63.1 Å². The van der Waals surface area contributed by atoms with Gasteiger partial charge in [-0.2, -0.15) is 0 Å². The Hall–Kier alpha value is -1.16. The van der Waals surface area contributed by atoms with Crippen LogP contribution in [0.1, 0.15) is 48.0 Å². The van der Waals surface area contributed by atoms with Crippen molar-refractivity contribution in [3.63, 3.8) is 0 Å². The van der Waals surface area contributed by atoms with Gasteiger partial charge in [0, 0.05) is 32.0 Å². The molecule has 0 aliphatic carbocycles. The first-order valence-corrected chi connectivity index (χ1v) is 17.1. The maximum atomic E-state index is 13.0. The molecule has 0 fully saturated rings. The van der Waals surface area contributed by atoms with Gasteiger partial charge in [-0.25, -0.2) is 0 Å². The molecular weight excluding hydrogens is 422 g/mol. The number of anilines is 1. The molecule has 0 aliphatic rings. The molecule has 0 spiro atoms. The Balaban J connectivity index is 2.84. The monoisotopic (exact) mass is 467 g/mol. The van der Waals surface area contributed by atoms with Gasteiger partial charge in [0.15, 0.2) is 0 Å². The van der Waals surface area contributed by atoms with E-state index in [1.807, 2.05) is 39.0 Å². The molecule has 0 aromatic heterocycles. The van der Waals surface area contributed by atoms with E-state index in [-0.39, 0.29) is 11.9 Å². The topological polar surface area (TPSA) is 48.0 Å². The van der Waals surface area contributed by atoms with E-state index >= 15 is 0 Å². The van der Waals surface area contributed by atoms with Crippen LogP contribution in [0, 0.1) is 5.92 Å². The molecule has 1 rings (SSSR count). The van der Waals surface area contributed by atoms with Gasteiger partial charge >= 0.3 is 8.56 Å². The Kier molecular flexibility index (Phi) is 12.7. The summed E-state index contributed by atoms with van der Waals surface area (Å²) in [5.41, 5.74) is 1.14. The second kappa shape index (κ2) is 14.1. The fraction of sp³-hybridized carbons (Fsp3) is 0.708. The van der Waals surface area contributed by atoms with E-state index in [2.05, 4.69) is 44.4 Å². The van der Waals surface area contributed by atoms with Crippen LogP contribution < -0.4 is 4.90 Å². The zero-order chi connectivity index (χ0) is 23.3. The van der Waals surface area contributed by atoms with Gasteiger partial charge in [0.2, 0.25) is 0 Å². The molecule has 0 radical (unpaired) electrons. The van der Waals surface area contributed by atoms with Crippen LogP contribution >= 0.6 is 0 Å². The minimum atomic E-state index is -2.14. The molecule has 0 saturated heterocycles. The number of hydrogen-bond acceptors (Lipinski definition) is 5. The predicted octanol–water partition coefficient (Wildman–Crippen LogP) is 6.21. The average Bonchev–Trinajstić information content (AvgIpc) is 2.77. The van der Waals surface area contributed by atoms with Gasteiger partial charge < -0.3 is 18.2 Å². The first-order valence-electron chi connectivity index (χ1n) is 12.1. The van der Waals surface area contributed by atoms with Crippen molar-refractivity contribution in [3.8, 4) is 0 Å². The quantitative estimate of drug-likeness (QED) is 0.270. The lowest BCUT2D eigenvalue weighted by atomic mass is 10.1. The number of hydrogen-bond donors (Lipinski definition) is 0. The van der Waals surface area contributed by atoms with Crippen LogP contribution in [0.4, 0.5) is 5.69 Å². The van der Waals surface area contributed by atoms with Crippen LogP contribution in [0.5, 0.6) is 0 Å². The molecule has 0 N–H and O–H groups in total. The van der Waals surface area contributed by atoms with E-state index in [9.17, 15) is 4.79 Å². The van der Waals surface area contributed by atoms with Crippen LogP contribution in [-0.4, -0.2) is 49.2 Å². The van der Waals surface area contributed by atoms with Gasteiger partial charge in [0.25, 0.3) is 14.3 Å². The van der Waals surface area contributed by atoms with Crippen LogP contribution in [0.2, 0.25) is 30.7 Å². The maximum Gasteiger partial charge on any atom is 0.334 e. The summed E-state index contributed by atoms with van der Waals surface area (Å²) in [5, 5.41) is 0. The van der Waals surface area contributed by atoms with Crippen molar-refractivity contribution in [3.05, 3.63) is 30.3 Å². The van der Waals surface area contributed by atoms with Crippen molar-refractivity contribution >= 4 is 28.5 Å². The standard InChI is InChI=1S/C24H45NO4Si2/c1-8-27-30(7,28-9-2)20-16-19-25(23-17-14-13-15-18-23)21-22(6)24(26)29-31(10-3,11-4)12-5/h13-15,17-18,22H,8-12,16,19-21H2,1-7H3. The third-order valence-corrected chi connectivity index (χ3v) is 13.8. The largest absolute Gasteiger partial charge is 0.519 e. The lowest BCUT2D eigenvalue weighted by molar-refractivity contribution is -0.139. The normalized spacial score (nSPS) is 13.1. The van der Waals surface area contributed by atoms with Crippen LogP contribution in [0.15, 0.2) is 30.3 Å². The predicted molar refractivity (Wildman–Crippen MR) is 135 cm³/mol. The van der Waals surface area contributed by atoms with Crippen LogP contribution in [-0.2, 0) is 18.1 Å². The van der Waals surface area contributed by atoms with Gasteiger partial charge in [0.05, 0.1) is 5.92 Å². The highest BCUT2D eigenvalue weighted by atomic mass is 28.4. The van der Waals surface area contributed by atoms with E-state index in [4.69, 9.17) is 13.3 Å². The second-order valence-electron chi connectivity index (χ2n) is 8.45. The first-order chi connectivity index (χ1) is 14.8. The summed E-state index contributed by atoms with van der Waals surface area (Å²) in [6.07, 6.45) is 0.969. The number of para-hydroxylation sites is 1. The highest BCUT2D eigenvalue weighted by molar-refractivity contribution is 6.74. The van der Waals surface area contributed by atoms with E-state index in [1.54, 1.807) is 0 Å². The Morgan fingerprint density at radius 1 is 0.968 bits per heavy atom. The third-order valence-electron chi connectivity index (χ3n) is 6.23. The van der Waals surface area contributed by atoms with Crippen molar-refractivity contribution in [2.24, 2.45) is 5.92 Å². The molecule has 31 heavy (non-hydrogen) atoms. The highest BCUT2D eigenvalue weighted by Crippen LogP contribution is 2.25. The molecule has 7 heteroatoms. The van der Waals surface area contributed by atoms with Crippen LogP contribution in [0.3, 0.4) is 0 Å². The van der Waals surface area contributed by atoms with Gasteiger partial charge in [0.1, 0.15) is 0 Å². The average molecular weight is 468 g/mol. The number of benzene rings is 1. The first kappa shape index (κ1) is 27.9. The SMILES string of the molecule is CCO[Si](C)(CCCN(CC(C)C(=O)O[Si](CC)(CC)CC)c1ccccc1)OCC. The summed E-state index contributed by atoms with van der Waals surface area (Å²) in [6, 6.07) is 14.2. The Labute approximate surface area is 192 Å². The number of carbonyl (C=O) groups is 1. The summed E-state index contributed by atoms with van der Waals surface area (Å²) in [7, 11) is -4.08. The van der Waals surface area contributed by atoms with Crippen molar-refractivity contribution in [2.75, 3.05) is 31.2 Å². The molecule has 1 unspecified atom stereocenters. The van der Waals surface area contributed by atoms with E-state index in [0.717, 1.165) is 42.8 Å². The van der Waals surface area contributed by atoms with Crippen molar-refractivity contribution in [2.45, 2.75) is 78.7 Å². The zero-order valence-corrected chi connectivity index (χ0v) is 22.9. The van der Waals surface area contributed by atoms with Gasteiger partial charge in [-0.3, -0.25) is 4.79 Å². The number of carbonyl (C=O) groups excluding carboxylic acids is 1. The second-order valence-corrected chi connectivity index (χ2v) is 16.5. The Bertz CT molecular complexity index is 611. The fourth-order valence-corrected chi connectivity index (χ4v) is 8.99. The van der Waals surface area contributed by atoms with Crippen molar-refractivity contribution in [1.29, 1.82) is 0 Å². The highest BCUT2D eigenvalue weighted by Gasteiger charge is 2.35. The molecule has 5 nitrogen and oxygen atoms in total. The molecule has 1 aromatic carbocycles. The lowest BCUT2D eigenvalue weighted by Gasteiger charge is -2.32. The summed E-state index contributed by atoms with van der Waals surface area (Å²) in [5.74, 6) is -0.208. The molecule has 1 atom stereocenters. The molecule has 178 valence electrons. The number of nitrogens with zero attached hydrogens (tertiary/aromatic N) is 1. The minimum absolute atomic E-state index is 0.0407. The van der Waals surface area contributed by atoms with E-state index in [1.165, 1.54) is 0 Å². The third kappa shape index (κ3) is 9.08. The Morgan fingerprint density at radius 3 is 2.00 bits per heavy atom. The van der Waals surface area contributed by atoms with Gasteiger partial charge in [-0.1, -0.05) is 45.9 Å². The summed E-state index contributed by atoms with van der Waals surface area (Å²) >= 11 is 0. The lowest BCUT2D eigenvalue weighted by Crippen LogP contribution is -2.43. The molecule has 0 saturated carbocycles. The smallest absolute Gasteiger partial charge is 0.334 e. The summed E-state index contributed by atoms with van der Waals surface area (Å²) < 4.78 is 18.1. The van der Waals surface area contributed by atoms with Crippen LogP contribution in [0.25, 0.3) is 0 Å². The number of rotatable bonds is 16. The molecule has 0 amide bonds. The minimum Gasteiger partial charge on any atom is -0.519 e. The van der Waals surface area contributed by atoms with Crippen molar-refractivity contribution < 1.29 is 18.1 Å². The molecule has 1 aromatic rings. The van der Waals surface area contributed by atoms with Crippen molar-refractivity contribution in [1.82, 2.24) is 0 Å². The van der Waals surface area contributed by atoms with E-state index in [0.29, 0.717) is 19.8 Å². The molecule has 0 aliphatic heterocycles. The maximum absolute atomic E-state index is 13.0. The molecule has 0 bridgehead atoms. The zero-order valence-electron chi connectivity index (χ0n) is 20.9. The fourth-order valence-electron chi connectivity index (χ4n) is 4.04. The summed E-state index contributed by atoms with van der Waals surface area (Å²) in [6.45, 7) is 17.6. The summed E-state index contributed by atoms with van der Waals surface area (Å²) in [4.78, 5) is 15.3.